The highest BCUT2D eigenvalue weighted by Gasteiger charge is 2.24. The van der Waals surface area contributed by atoms with Crippen LogP contribution < -0.4 is 21.9 Å². The molecule has 0 saturated heterocycles. The van der Waals surface area contributed by atoms with Gasteiger partial charge in [-0.15, -0.1) is 0 Å². The Labute approximate surface area is 169 Å². The number of rotatable bonds is 5. The third-order valence-corrected chi connectivity index (χ3v) is 4.79. The van der Waals surface area contributed by atoms with Gasteiger partial charge in [-0.3, -0.25) is 19.1 Å². The predicted octanol–water partition coefficient (Wildman–Crippen LogP) is 2.60. The number of anilines is 2. The van der Waals surface area contributed by atoms with Crippen LogP contribution in [0.5, 0.6) is 0 Å². The lowest BCUT2D eigenvalue weighted by atomic mass is 10.2. The zero-order chi connectivity index (χ0) is 20.3. The SMILES string of the molecule is CCN(C(=O)c1cccc(Br)c1)c1c(N)n(Cc2ccccc2)c(=O)[nH]c1=O. The number of carbonyl (C=O) groups is 1. The van der Waals surface area contributed by atoms with Crippen LogP contribution in [0.4, 0.5) is 11.5 Å². The van der Waals surface area contributed by atoms with Crippen molar-refractivity contribution in [2.75, 3.05) is 17.2 Å². The second kappa shape index (κ2) is 8.26. The predicted molar refractivity (Wildman–Crippen MR) is 113 cm³/mol. The third kappa shape index (κ3) is 3.91. The van der Waals surface area contributed by atoms with Gasteiger partial charge in [-0.2, -0.15) is 0 Å². The third-order valence-electron chi connectivity index (χ3n) is 4.30. The normalized spacial score (nSPS) is 10.6. The molecule has 3 aromatic rings. The molecule has 8 heteroatoms. The van der Waals surface area contributed by atoms with Crippen LogP contribution in [0.2, 0.25) is 0 Å². The highest BCUT2D eigenvalue weighted by Crippen LogP contribution is 2.21. The van der Waals surface area contributed by atoms with Crippen molar-refractivity contribution in [2.24, 2.45) is 0 Å². The number of carbonyl (C=O) groups excluding carboxylic acids is 1. The maximum atomic E-state index is 13.0. The quantitative estimate of drug-likeness (QED) is 0.633. The molecule has 0 fully saturated rings. The van der Waals surface area contributed by atoms with E-state index in [0.29, 0.717) is 5.56 Å². The number of nitrogens with one attached hydrogen (secondary N) is 1. The van der Waals surface area contributed by atoms with Gasteiger partial charge in [-0.05, 0) is 30.7 Å². The van der Waals surface area contributed by atoms with Crippen molar-refractivity contribution in [3.8, 4) is 0 Å². The summed E-state index contributed by atoms with van der Waals surface area (Å²) < 4.78 is 1.99. The molecule has 0 unspecified atom stereocenters. The molecule has 3 N–H and O–H groups in total. The summed E-state index contributed by atoms with van der Waals surface area (Å²) in [5.41, 5.74) is 6.08. The monoisotopic (exact) mass is 442 g/mol. The summed E-state index contributed by atoms with van der Waals surface area (Å²) in [6, 6.07) is 16.1. The summed E-state index contributed by atoms with van der Waals surface area (Å²) in [5.74, 6) is -0.436. The van der Waals surface area contributed by atoms with Gasteiger partial charge in [0.25, 0.3) is 11.5 Å². The molecule has 28 heavy (non-hydrogen) atoms. The van der Waals surface area contributed by atoms with Crippen molar-refractivity contribution >= 4 is 33.3 Å². The Bertz CT molecular complexity index is 1120. The molecule has 0 aliphatic rings. The Hall–Kier alpha value is -3.13. The fraction of sp³-hybridized carbons (Fsp3) is 0.150. The summed E-state index contributed by atoms with van der Waals surface area (Å²) in [7, 11) is 0. The van der Waals surface area contributed by atoms with Crippen LogP contribution >= 0.6 is 15.9 Å². The van der Waals surface area contributed by atoms with Gasteiger partial charge >= 0.3 is 5.69 Å². The molecule has 144 valence electrons. The maximum Gasteiger partial charge on any atom is 0.330 e. The van der Waals surface area contributed by atoms with E-state index < -0.39 is 11.2 Å². The van der Waals surface area contributed by atoms with Gasteiger partial charge in [0.05, 0.1) is 6.54 Å². The second-order valence-corrected chi connectivity index (χ2v) is 7.04. The van der Waals surface area contributed by atoms with Crippen molar-refractivity contribution in [3.05, 3.63) is 91.0 Å². The molecule has 0 atom stereocenters. The Kier molecular flexibility index (Phi) is 5.79. The summed E-state index contributed by atoms with van der Waals surface area (Å²) in [5, 5.41) is 0. The van der Waals surface area contributed by atoms with Crippen LogP contribution in [0.1, 0.15) is 22.8 Å². The van der Waals surface area contributed by atoms with E-state index in [2.05, 4.69) is 20.9 Å². The molecular formula is C20H19BrN4O3. The van der Waals surface area contributed by atoms with E-state index >= 15 is 0 Å². The van der Waals surface area contributed by atoms with Gasteiger partial charge in [0.15, 0.2) is 5.69 Å². The Morgan fingerprint density at radius 1 is 1.14 bits per heavy atom. The van der Waals surface area contributed by atoms with Crippen molar-refractivity contribution in [2.45, 2.75) is 13.5 Å². The molecule has 0 bridgehead atoms. The highest BCUT2D eigenvalue weighted by molar-refractivity contribution is 9.10. The van der Waals surface area contributed by atoms with Gasteiger partial charge in [-0.1, -0.05) is 52.3 Å². The average molecular weight is 443 g/mol. The number of hydrogen-bond acceptors (Lipinski definition) is 4. The van der Waals surface area contributed by atoms with Gasteiger partial charge in [0, 0.05) is 16.6 Å². The van der Waals surface area contributed by atoms with E-state index in [4.69, 9.17) is 5.73 Å². The molecule has 0 spiro atoms. The first-order chi connectivity index (χ1) is 13.4. The molecule has 1 aromatic heterocycles. The van der Waals surface area contributed by atoms with Gasteiger partial charge in [0.1, 0.15) is 5.82 Å². The van der Waals surface area contributed by atoms with Gasteiger partial charge in [-0.25, -0.2) is 4.79 Å². The molecule has 0 aliphatic carbocycles. The lowest BCUT2D eigenvalue weighted by Crippen LogP contribution is -2.41. The highest BCUT2D eigenvalue weighted by atomic mass is 79.9. The van der Waals surface area contributed by atoms with E-state index in [-0.39, 0.29) is 30.5 Å². The second-order valence-electron chi connectivity index (χ2n) is 6.12. The number of benzene rings is 2. The molecular weight excluding hydrogens is 424 g/mol. The topological polar surface area (TPSA) is 101 Å². The van der Waals surface area contributed by atoms with Gasteiger partial charge < -0.3 is 10.6 Å². The number of nitrogens with zero attached hydrogens (tertiary/aromatic N) is 2. The van der Waals surface area contributed by atoms with Crippen LogP contribution in [0.15, 0.2) is 68.7 Å². The summed E-state index contributed by atoms with van der Waals surface area (Å²) in [6.07, 6.45) is 0. The number of hydrogen-bond donors (Lipinski definition) is 2. The van der Waals surface area contributed by atoms with Crippen molar-refractivity contribution in [1.29, 1.82) is 0 Å². The number of amides is 1. The fourth-order valence-corrected chi connectivity index (χ4v) is 3.34. The van der Waals surface area contributed by atoms with Crippen LogP contribution in [-0.2, 0) is 6.54 Å². The molecule has 3 rings (SSSR count). The standard InChI is InChI=1S/C20H19BrN4O3/c1-2-24(19(27)14-9-6-10-15(21)11-14)16-17(22)25(20(28)23-18(16)26)12-13-7-4-3-5-8-13/h3-11H,2,12,22H2,1H3,(H,23,26,28). The first kappa shape index (κ1) is 19.6. The van der Waals surface area contributed by atoms with Crippen molar-refractivity contribution in [1.82, 2.24) is 9.55 Å². The molecule has 2 aromatic carbocycles. The molecule has 0 radical (unpaired) electrons. The van der Waals surface area contributed by atoms with Crippen molar-refractivity contribution in [3.63, 3.8) is 0 Å². The number of aromatic nitrogens is 2. The Balaban J connectivity index is 2.09. The van der Waals surface area contributed by atoms with E-state index in [1.54, 1.807) is 31.2 Å². The Morgan fingerprint density at radius 2 is 1.86 bits per heavy atom. The average Bonchev–Trinajstić information content (AvgIpc) is 2.68. The summed E-state index contributed by atoms with van der Waals surface area (Å²) in [4.78, 5) is 41.4. The summed E-state index contributed by atoms with van der Waals surface area (Å²) in [6.45, 7) is 2.13. The first-order valence-electron chi connectivity index (χ1n) is 8.66. The Morgan fingerprint density at radius 3 is 2.50 bits per heavy atom. The molecule has 0 saturated carbocycles. The molecule has 1 amide bonds. The first-order valence-corrected chi connectivity index (χ1v) is 9.45. The number of aromatic amines is 1. The maximum absolute atomic E-state index is 13.0. The smallest absolute Gasteiger partial charge is 0.330 e. The minimum atomic E-state index is -0.697. The minimum Gasteiger partial charge on any atom is -0.383 e. The lowest BCUT2D eigenvalue weighted by molar-refractivity contribution is 0.0988. The van der Waals surface area contributed by atoms with Crippen LogP contribution in [0.25, 0.3) is 0 Å². The van der Waals surface area contributed by atoms with E-state index in [0.717, 1.165) is 10.0 Å². The van der Waals surface area contributed by atoms with E-state index in [9.17, 15) is 14.4 Å². The zero-order valence-corrected chi connectivity index (χ0v) is 16.8. The van der Waals surface area contributed by atoms with Crippen LogP contribution in [-0.4, -0.2) is 22.0 Å². The molecule has 0 aliphatic heterocycles. The minimum absolute atomic E-state index is 0.0389. The molecule has 7 nitrogen and oxygen atoms in total. The number of H-pyrrole nitrogens is 1. The zero-order valence-electron chi connectivity index (χ0n) is 15.2. The lowest BCUT2D eigenvalue weighted by Gasteiger charge is -2.23. The van der Waals surface area contributed by atoms with E-state index in [1.807, 2.05) is 30.3 Å². The summed E-state index contributed by atoms with van der Waals surface area (Å²) >= 11 is 3.34. The molecule has 1 heterocycles. The van der Waals surface area contributed by atoms with Crippen LogP contribution in [0, 0.1) is 0 Å². The number of nitrogen functional groups attached to an aromatic ring is 1. The van der Waals surface area contributed by atoms with Crippen LogP contribution in [0.3, 0.4) is 0 Å². The largest absolute Gasteiger partial charge is 0.383 e. The fourth-order valence-electron chi connectivity index (χ4n) is 2.94. The van der Waals surface area contributed by atoms with Gasteiger partial charge in [0.2, 0.25) is 0 Å². The van der Waals surface area contributed by atoms with E-state index in [1.165, 1.54) is 9.47 Å². The number of halogens is 1. The van der Waals surface area contributed by atoms with Crippen molar-refractivity contribution < 1.29 is 4.79 Å². The number of nitrogens with two attached hydrogens (primary N) is 1.